The fourth-order valence-electron chi connectivity index (χ4n) is 2.73. The predicted molar refractivity (Wildman–Crippen MR) is 117 cm³/mol. The van der Waals surface area contributed by atoms with Gasteiger partial charge in [0.15, 0.2) is 0 Å². The largest absolute Gasteiger partial charge is 0.325 e. The van der Waals surface area contributed by atoms with Gasteiger partial charge in [-0.25, -0.2) is 8.42 Å². The summed E-state index contributed by atoms with van der Waals surface area (Å²) >= 11 is 12.0. The molecule has 3 aromatic carbocycles. The molecule has 0 saturated carbocycles. The van der Waals surface area contributed by atoms with Gasteiger partial charge in [-0.3, -0.25) is 9.10 Å². The molecular formula is C21H18Cl2N2O3S. The number of benzene rings is 3. The van der Waals surface area contributed by atoms with Crippen LogP contribution in [0, 0.1) is 6.92 Å². The number of nitrogens with zero attached hydrogens (tertiary/aromatic N) is 1. The summed E-state index contributed by atoms with van der Waals surface area (Å²) in [6, 6.07) is 19.6. The van der Waals surface area contributed by atoms with Gasteiger partial charge in [0.2, 0.25) is 5.91 Å². The van der Waals surface area contributed by atoms with Crippen molar-refractivity contribution in [2.75, 3.05) is 16.2 Å². The van der Waals surface area contributed by atoms with Gasteiger partial charge >= 0.3 is 0 Å². The van der Waals surface area contributed by atoms with Crippen LogP contribution in [-0.4, -0.2) is 20.9 Å². The van der Waals surface area contributed by atoms with Gasteiger partial charge in [-0.1, -0.05) is 53.5 Å². The zero-order valence-corrected chi connectivity index (χ0v) is 17.8. The third-order valence-electron chi connectivity index (χ3n) is 4.11. The van der Waals surface area contributed by atoms with E-state index < -0.39 is 22.5 Å². The van der Waals surface area contributed by atoms with E-state index in [1.807, 2.05) is 19.1 Å². The Labute approximate surface area is 179 Å². The molecule has 0 fully saturated rings. The highest BCUT2D eigenvalue weighted by atomic mass is 35.5. The molecule has 0 spiro atoms. The first-order chi connectivity index (χ1) is 13.8. The number of hydrogen-bond donors (Lipinski definition) is 1. The van der Waals surface area contributed by atoms with Crippen molar-refractivity contribution in [2.45, 2.75) is 11.8 Å². The van der Waals surface area contributed by atoms with Crippen LogP contribution in [0.3, 0.4) is 0 Å². The highest BCUT2D eigenvalue weighted by molar-refractivity contribution is 7.92. The zero-order chi connectivity index (χ0) is 21.0. The van der Waals surface area contributed by atoms with Crippen LogP contribution in [0.1, 0.15) is 5.56 Å². The van der Waals surface area contributed by atoms with Crippen LogP contribution in [0.4, 0.5) is 11.4 Å². The number of amides is 1. The average molecular weight is 449 g/mol. The van der Waals surface area contributed by atoms with E-state index in [-0.39, 0.29) is 20.6 Å². The SMILES string of the molecule is Cc1cccc(NC(=O)CN(c2ccc(Cl)c(Cl)c2)S(=O)(=O)c2ccccc2)c1. The Morgan fingerprint density at radius 3 is 2.31 bits per heavy atom. The Balaban J connectivity index is 1.96. The molecule has 0 unspecified atom stereocenters. The van der Waals surface area contributed by atoms with Gasteiger partial charge in [0.1, 0.15) is 6.54 Å². The first kappa shape index (κ1) is 21.2. The van der Waals surface area contributed by atoms with Crippen LogP contribution in [0.5, 0.6) is 0 Å². The molecule has 0 atom stereocenters. The number of carbonyl (C=O) groups is 1. The first-order valence-corrected chi connectivity index (χ1v) is 10.9. The number of carbonyl (C=O) groups excluding carboxylic acids is 1. The van der Waals surface area contributed by atoms with E-state index in [9.17, 15) is 13.2 Å². The third kappa shape index (κ3) is 5.09. The van der Waals surface area contributed by atoms with E-state index in [1.54, 1.807) is 30.3 Å². The zero-order valence-electron chi connectivity index (χ0n) is 15.5. The average Bonchev–Trinajstić information content (AvgIpc) is 2.69. The fraction of sp³-hybridized carbons (Fsp3) is 0.0952. The van der Waals surface area contributed by atoms with Gasteiger partial charge in [-0.15, -0.1) is 0 Å². The van der Waals surface area contributed by atoms with E-state index in [2.05, 4.69) is 5.32 Å². The van der Waals surface area contributed by atoms with Crippen molar-refractivity contribution in [2.24, 2.45) is 0 Å². The minimum absolute atomic E-state index is 0.0643. The van der Waals surface area contributed by atoms with Gasteiger partial charge in [-0.05, 0) is 55.0 Å². The van der Waals surface area contributed by atoms with Crippen LogP contribution < -0.4 is 9.62 Å². The maximum absolute atomic E-state index is 13.2. The summed E-state index contributed by atoms with van der Waals surface area (Å²) in [5.74, 6) is -0.485. The standard InChI is InChI=1S/C21H18Cl2N2O3S/c1-15-6-5-7-16(12-15)24-21(26)14-25(17-10-11-19(22)20(23)13-17)29(27,28)18-8-3-2-4-9-18/h2-13H,14H2,1H3,(H,24,26). The fourth-order valence-corrected chi connectivity index (χ4v) is 4.45. The van der Waals surface area contributed by atoms with Crippen molar-refractivity contribution >= 4 is 50.5 Å². The summed E-state index contributed by atoms with van der Waals surface area (Å²) in [6.07, 6.45) is 0. The van der Waals surface area contributed by atoms with Gasteiger partial charge in [0, 0.05) is 5.69 Å². The van der Waals surface area contributed by atoms with Gasteiger partial charge in [-0.2, -0.15) is 0 Å². The highest BCUT2D eigenvalue weighted by Gasteiger charge is 2.27. The van der Waals surface area contributed by atoms with E-state index in [0.29, 0.717) is 5.69 Å². The molecule has 5 nitrogen and oxygen atoms in total. The number of sulfonamides is 1. The summed E-state index contributed by atoms with van der Waals surface area (Å²) in [7, 11) is -4.01. The number of nitrogens with one attached hydrogen (secondary N) is 1. The van der Waals surface area contributed by atoms with Crippen LogP contribution in [-0.2, 0) is 14.8 Å². The minimum atomic E-state index is -4.01. The molecule has 29 heavy (non-hydrogen) atoms. The van der Waals surface area contributed by atoms with Crippen LogP contribution >= 0.6 is 23.2 Å². The third-order valence-corrected chi connectivity index (χ3v) is 6.64. The Bertz CT molecular complexity index is 1140. The number of aryl methyl sites for hydroxylation is 1. The Morgan fingerprint density at radius 1 is 0.931 bits per heavy atom. The number of rotatable bonds is 6. The predicted octanol–water partition coefficient (Wildman–Crippen LogP) is 5.14. The number of anilines is 2. The number of hydrogen-bond acceptors (Lipinski definition) is 3. The van der Waals surface area contributed by atoms with E-state index in [0.717, 1.165) is 9.87 Å². The second-order valence-electron chi connectivity index (χ2n) is 6.34. The quantitative estimate of drug-likeness (QED) is 0.567. The monoisotopic (exact) mass is 448 g/mol. The van der Waals surface area contributed by atoms with Gasteiger partial charge in [0.25, 0.3) is 10.0 Å². The lowest BCUT2D eigenvalue weighted by atomic mass is 10.2. The van der Waals surface area contributed by atoms with Crippen molar-refractivity contribution in [3.63, 3.8) is 0 Å². The Kier molecular flexibility index (Phi) is 6.47. The van der Waals surface area contributed by atoms with Crippen molar-refractivity contribution < 1.29 is 13.2 Å². The molecule has 1 amide bonds. The lowest BCUT2D eigenvalue weighted by molar-refractivity contribution is -0.114. The molecule has 150 valence electrons. The molecule has 0 bridgehead atoms. The van der Waals surface area contributed by atoms with E-state index in [1.165, 1.54) is 30.3 Å². The molecule has 0 aromatic heterocycles. The molecule has 0 heterocycles. The van der Waals surface area contributed by atoms with Crippen LogP contribution in [0.15, 0.2) is 77.7 Å². The van der Waals surface area contributed by atoms with Crippen LogP contribution in [0.2, 0.25) is 10.0 Å². The lowest BCUT2D eigenvalue weighted by Gasteiger charge is -2.24. The summed E-state index contributed by atoms with van der Waals surface area (Å²) < 4.78 is 27.5. The highest BCUT2D eigenvalue weighted by Crippen LogP contribution is 2.30. The van der Waals surface area contributed by atoms with Crippen molar-refractivity contribution in [3.8, 4) is 0 Å². The normalized spacial score (nSPS) is 11.1. The molecule has 0 saturated heterocycles. The Morgan fingerprint density at radius 2 is 1.66 bits per heavy atom. The first-order valence-electron chi connectivity index (χ1n) is 8.67. The molecule has 0 aliphatic heterocycles. The Hall–Kier alpha value is -2.54. The van der Waals surface area contributed by atoms with E-state index >= 15 is 0 Å². The summed E-state index contributed by atoms with van der Waals surface area (Å²) in [4.78, 5) is 12.7. The second-order valence-corrected chi connectivity index (χ2v) is 9.02. The molecule has 0 aliphatic carbocycles. The minimum Gasteiger partial charge on any atom is -0.325 e. The lowest BCUT2D eigenvalue weighted by Crippen LogP contribution is -2.38. The second kappa shape index (κ2) is 8.86. The summed E-state index contributed by atoms with van der Waals surface area (Å²) in [6.45, 7) is 1.47. The summed E-state index contributed by atoms with van der Waals surface area (Å²) in [5.41, 5.74) is 1.80. The number of halogens is 2. The molecular weight excluding hydrogens is 431 g/mol. The summed E-state index contributed by atoms with van der Waals surface area (Å²) in [5, 5.41) is 3.21. The van der Waals surface area contributed by atoms with Crippen molar-refractivity contribution in [1.82, 2.24) is 0 Å². The van der Waals surface area contributed by atoms with Crippen molar-refractivity contribution in [1.29, 1.82) is 0 Å². The maximum atomic E-state index is 13.2. The molecule has 8 heteroatoms. The molecule has 1 N–H and O–H groups in total. The van der Waals surface area contributed by atoms with Gasteiger partial charge in [0.05, 0.1) is 20.6 Å². The topological polar surface area (TPSA) is 66.5 Å². The van der Waals surface area contributed by atoms with Crippen molar-refractivity contribution in [3.05, 3.63) is 88.4 Å². The molecule has 3 aromatic rings. The smallest absolute Gasteiger partial charge is 0.264 e. The van der Waals surface area contributed by atoms with E-state index in [4.69, 9.17) is 23.2 Å². The van der Waals surface area contributed by atoms with Crippen LogP contribution in [0.25, 0.3) is 0 Å². The van der Waals surface area contributed by atoms with Gasteiger partial charge < -0.3 is 5.32 Å². The molecule has 3 rings (SSSR count). The molecule has 0 aliphatic rings. The maximum Gasteiger partial charge on any atom is 0.264 e. The molecule has 0 radical (unpaired) electrons.